The van der Waals surface area contributed by atoms with Crippen molar-refractivity contribution in [1.29, 1.82) is 0 Å². The van der Waals surface area contributed by atoms with Crippen molar-refractivity contribution in [2.75, 3.05) is 31.6 Å². The minimum absolute atomic E-state index is 0.0931. The second kappa shape index (κ2) is 10.6. The van der Waals surface area contributed by atoms with Gasteiger partial charge in [-0.3, -0.25) is 19.7 Å². The molecule has 2 N–H and O–H groups in total. The molecule has 1 aliphatic rings. The fourth-order valence-electron chi connectivity index (χ4n) is 4.29. The van der Waals surface area contributed by atoms with Gasteiger partial charge in [0.25, 0.3) is 17.6 Å². The maximum Gasteiger partial charge on any atom is 0.411 e. The maximum atomic E-state index is 13.2. The number of ketones is 1. The number of aromatic amines is 1. The molecule has 1 aromatic heterocycles. The molecule has 3 aromatic rings. The Morgan fingerprint density at radius 1 is 1.06 bits per heavy atom. The SMILES string of the molecule is CC(C)COC(=O)Nc1cccc2c(C(=O)C(=O)N3CCN(C(=O)c4ccccc4)C[C@H]3C)c[nH]c12. The number of Topliss-reactive ketones (excluding diaryl/α,β-unsaturated/α-hetero) is 1. The van der Waals surface area contributed by atoms with Gasteiger partial charge in [-0.05, 0) is 31.0 Å². The molecule has 4 rings (SSSR count). The number of hydrogen-bond donors (Lipinski definition) is 2. The zero-order valence-corrected chi connectivity index (χ0v) is 20.6. The van der Waals surface area contributed by atoms with Gasteiger partial charge < -0.3 is 19.5 Å². The number of hydrogen-bond acceptors (Lipinski definition) is 5. The number of benzene rings is 2. The number of para-hydroxylation sites is 1. The molecule has 0 spiro atoms. The van der Waals surface area contributed by atoms with Crippen molar-refractivity contribution in [2.24, 2.45) is 5.92 Å². The Morgan fingerprint density at radius 2 is 1.81 bits per heavy atom. The minimum atomic E-state index is -0.643. The molecule has 0 saturated carbocycles. The molecule has 1 fully saturated rings. The lowest BCUT2D eigenvalue weighted by molar-refractivity contribution is -0.130. The standard InChI is InChI=1S/C27H30N4O5/c1-17(2)16-36-27(35)29-22-11-7-10-20-21(14-28-23(20)22)24(32)26(34)31-13-12-30(15-18(31)3)25(33)19-8-5-4-6-9-19/h4-11,14,17-18,28H,12-13,15-16H2,1-3H3,(H,29,35)/t18-/m1/s1. The summed E-state index contributed by atoms with van der Waals surface area (Å²) in [6.07, 6.45) is 0.890. The highest BCUT2D eigenvalue weighted by atomic mass is 16.5. The Hall–Kier alpha value is -4.14. The normalized spacial score (nSPS) is 15.7. The van der Waals surface area contributed by atoms with Crippen LogP contribution in [0.5, 0.6) is 0 Å². The van der Waals surface area contributed by atoms with E-state index in [-0.39, 0.29) is 36.6 Å². The van der Waals surface area contributed by atoms with Crippen molar-refractivity contribution < 1.29 is 23.9 Å². The van der Waals surface area contributed by atoms with Gasteiger partial charge in [-0.1, -0.05) is 44.2 Å². The second-order valence-electron chi connectivity index (χ2n) is 9.34. The number of H-pyrrole nitrogens is 1. The van der Waals surface area contributed by atoms with Crippen molar-refractivity contribution >= 4 is 40.3 Å². The van der Waals surface area contributed by atoms with Crippen molar-refractivity contribution in [2.45, 2.75) is 26.8 Å². The van der Waals surface area contributed by atoms with Gasteiger partial charge in [-0.25, -0.2) is 4.79 Å². The van der Waals surface area contributed by atoms with E-state index in [1.807, 2.05) is 39.0 Å². The van der Waals surface area contributed by atoms with E-state index in [0.29, 0.717) is 35.2 Å². The van der Waals surface area contributed by atoms with E-state index < -0.39 is 17.8 Å². The molecule has 1 atom stereocenters. The molecule has 1 saturated heterocycles. The van der Waals surface area contributed by atoms with Gasteiger partial charge in [0.05, 0.1) is 23.4 Å². The Balaban J connectivity index is 1.45. The van der Waals surface area contributed by atoms with E-state index in [1.165, 1.54) is 11.1 Å². The molecule has 0 bridgehead atoms. The molecular formula is C27H30N4O5. The quantitative estimate of drug-likeness (QED) is 0.402. The highest BCUT2D eigenvalue weighted by Crippen LogP contribution is 2.27. The van der Waals surface area contributed by atoms with Gasteiger partial charge in [-0.2, -0.15) is 0 Å². The molecule has 188 valence electrons. The summed E-state index contributed by atoms with van der Waals surface area (Å²) in [6, 6.07) is 13.8. The monoisotopic (exact) mass is 490 g/mol. The zero-order chi connectivity index (χ0) is 25.8. The third-order valence-corrected chi connectivity index (χ3v) is 6.14. The van der Waals surface area contributed by atoms with Gasteiger partial charge in [0.1, 0.15) is 0 Å². The van der Waals surface area contributed by atoms with E-state index >= 15 is 0 Å². The van der Waals surface area contributed by atoms with E-state index in [1.54, 1.807) is 35.2 Å². The molecule has 2 aromatic carbocycles. The second-order valence-corrected chi connectivity index (χ2v) is 9.34. The van der Waals surface area contributed by atoms with E-state index in [9.17, 15) is 19.2 Å². The lowest BCUT2D eigenvalue weighted by Crippen LogP contribution is -2.56. The third-order valence-electron chi connectivity index (χ3n) is 6.14. The predicted octanol–water partition coefficient (Wildman–Crippen LogP) is 3.93. The molecule has 9 nitrogen and oxygen atoms in total. The number of aromatic nitrogens is 1. The summed E-state index contributed by atoms with van der Waals surface area (Å²) in [6.45, 7) is 6.94. The molecule has 0 aliphatic carbocycles. The molecule has 0 unspecified atom stereocenters. The fraction of sp³-hybridized carbons (Fsp3) is 0.333. The molecule has 36 heavy (non-hydrogen) atoms. The topological polar surface area (TPSA) is 112 Å². The summed E-state index contributed by atoms with van der Waals surface area (Å²) in [5.41, 5.74) is 1.80. The molecule has 1 aliphatic heterocycles. The van der Waals surface area contributed by atoms with Gasteiger partial charge in [-0.15, -0.1) is 0 Å². The first-order valence-corrected chi connectivity index (χ1v) is 12.0. The Morgan fingerprint density at radius 3 is 2.50 bits per heavy atom. The Kier molecular flexibility index (Phi) is 7.38. The summed E-state index contributed by atoms with van der Waals surface area (Å²) in [5.74, 6) is -1.15. The number of amides is 3. The Labute approximate surface area is 209 Å². The number of rotatable bonds is 6. The van der Waals surface area contributed by atoms with E-state index in [0.717, 1.165) is 0 Å². The number of carbonyl (C=O) groups excluding carboxylic acids is 4. The van der Waals surface area contributed by atoms with Crippen LogP contribution in [-0.4, -0.2) is 70.8 Å². The van der Waals surface area contributed by atoms with E-state index in [2.05, 4.69) is 10.3 Å². The van der Waals surface area contributed by atoms with Crippen molar-refractivity contribution in [1.82, 2.24) is 14.8 Å². The molecule has 2 heterocycles. The largest absolute Gasteiger partial charge is 0.449 e. The van der Waals surface area contributed by atoms with Gasteiger partial charge in [0, 0.05) is 42.8 Å². The van der Waals surface area contributed by atoms with Crippen LogP contribution in [0.4, 0.5) is 10.5 Å². The van der Waals surface area contributed by atoms with Crippen LogP contribution in [0.3, 0.4) is 0 Å². The summed E-state index contributed by atoms with van der Waals surface area (Å²) in [5, 5.41) is 3.21. The first-order valence-electron chi connectivity index (χ1n) is 12.0. The van der Waals surface area contributed by atoms with Crippen molar-refractivity contribution in [3.05, 3.63) is 65.9 Å². The van der Waals surface area contributed by atoms with E-state index in [4.69, 9.17) is 4.74 Å². The smallest absolute Gasteiger partial charge is 0.411 e. The molecule has 0 radical (unpaired) electrons. The number of piperazine rings is 1. The van der Waals surface area contributed by atoms with Gasteiger partial charge in [0.2, 0.25) is 0 Å². The number of anilines is 1. The van der Waals surface area contributed by atoms with Crippen LogP contribution in [0.2, 0.25) is 0 Å². The molecular weight excluding hydrogens is 460 g/mol. The number of nitrogens with zero attached hydrogens (tertiary/aromatic N) is 2. The number of ether oxygens (including phenoxy) is 1. The number of carbonyl (C=O) groups is 4. The Bertz CT molecular complexity index is 1280. The van der Waals surface area contributed by atoms with Crippen LogP contribution in [0, 0.1) is 5.92 Å². The number of fused-ring (bicyclic) bond motifs is 1. The van der Waals surface area contributed by atoms with Gasteiger partial charge in [0.15, 0.2) is 0 Å². The van der Waals surface area contributed by atoms with Crippen molar-refractivity contribution in [3.63, 3.8) is 0 Å². The average molecular weight is 491 g/mol. The number of nitrogens with one attached hydrogen (secondary N) is 2. The summed E-state index contributed by atoms with van der Waals surface area (Å²) >= 11 is 0. The fourth-order valence-corrected chi connectivity index (χ4v) is 4.29. The highest BCUT2D eigenvalue weighted by Gasteiger charge is 2.34. The van der Waals surface area contributed by atoms with Crippen LogP contribution in [0.15, 0.2) is 54.7 Å². The van der Waals surface area contributed by atoms with Crippen LogP contribution in [-0.2, 0) is 9.53 Å². The van der Waals surface area contributed by atoms with Crippen LogP contribution in [0.1, 0.15) is 41.5 Å². The third kappa shape index (κ3) is 5.25. The lowest BCUT2D eigenvalue weighted by Gasteiger charge is -2.39. The van der Waals surface area contributed by atoms with Crippen LogP contribution < -0.4 is 5.32 Å². The molecule has 9 heteroatoms. The summed E-state index contributed by atoms with van der Waals surface area (Å²) < 4.78 is 5.17. The summed E-state index contributed by atoms with van der Waals surface area (Å²) in [7, 11) is 0. The van der Waals surface area contributed by atoms with Crippen molar-refractivity contribution in [3.8, 4) is 0 Å². The first kappa shape index (κ1) is 25.0. The molecule has 3 amide bonds. The maximum absolute atomic E-state index is 13.2. The van der Waals surface area contributed by atoms with Crippen LogP contribution >= 0.6 is 0 Å². The minimum Gasteiger partial charge on any atom is -0.449 e. The average Bonchev–Trinajstić information content (AvgIpc) is 3.32. The predicted molar refractivity (Wildman–Crippen MR) is 136 cm³/mol. The zero-order valence-electron chi connectivity index (χ0n) is 20.6. The summed E-state index contributed by atoms with van der Waals surface area (Å²) in [4.78, 5) is 57.5. The van der Waals surface area contributed by atoms with Gasteiger partial charge >= 0.3 is 6.09 Å². The highest BCUT2D eigenvalue weighted by molar-refractivity contribution is 6.45. The first-order chi connectivity index (χ1) is 17.3. The van der Waals surface area contributed by atoms with Crippen LogP contribution in [0.25, 0.3) is 10.9 Å². The lowest BCUT2D eigenvalue weighted by atomic mass is 10.1.